The van der Waals surface area contributed by atoms with Gasteiger partial charge in [-0.2, -0.15) is 0 Å². The van der Waals surface area contributed by atoms with Crippen LogP contribution in [-0.4, -0.2) is 16.2 Å². The van der Waals surface area contributed by atoms with Crippen LogP contribution >= 0.6 is 0 Å². The van der Waals surface area contributed by atoms with Crippen molar-refractivity contribution >= 4 is 0 Å². The number of aryl methyl sites for hydroxylation is 1. The molecule has 0 spiro atoms. The van der Waals surface area contributed by atoms with E-state index in [1.165, 1.54) is 16.2 Å². The molecule has 5 nitrogen and oxygen atoms in total. The summed E-state index contributed by atoms with van der Waals surface area (Å²) in [7, 11) is 1.53. The van der Waals surface area contributed by atoms with E-state index in [1.807, 2.05) is 37.3 Å². The maximum Gasteiger partial charge on any atom is 0.321 e. The molecule has 0 fully saturated rings. The molecule has 3 aromatic rings. The molecule has 5 heteroatoms. The molecule has 0 amide bonds. The topological polar surface area (TPSA) is 53.2 Å². The van der Waals surface area contributed by atoms with Crippen LogP contribution in [0.3, 0.4) is 0 Å². The average molecular weight is 322 g/mol. The molecule has 0 N–H and O–H groups in total. The molecule has 0 bridgehead atoms. The molecule has 122 valence electrons. The molecule has 0 aliphatic rings. The Morgan fingerprint density at radius 2 is 1.62 bits per heavy atom. The Bertz CT molecular complexity index is 986. The summed E-state index contributed by atoms with van der Waals surface area (Å²) in [6, 6.07) is 14.9. The van der Waals surface area contributed by atoms with Gasteiger partial charge in [0.15, 0.2) is 0 Å². The van der Waals surface area contributed by atoms with Gasteiger partial charge in [-0.15, -0.1) is 0 Å². The van der Waals surface area contributed by atoms with Crippen molar-refractivity contribution in [3.8, 4) is 11.4 Å². The fourth-order valence-corrected chi connectivity index (χ4v) is 2.62. The highest BCUT2D eigenvalue weighted by molar-refractivity contribution is 5.46. The molecular formula is C19H18N2O3. The second-order valence-electron chi connectivity index (χ2n) is 5.50. The van der Waals surface area contributed by atoms with Crippen LogP contribution in [0.2, 0.25) is 0 Å². The Morgan fingerprint density at radius 1 is 0.917 bits per heavy atom. The number of ether oxygens (including phenoxy) is 1. The normalized spacial score (nSPS) is 10.6. The number of benzene rings is 2. The van der Waals surface area contributed by atoms with Crippen LogP contribution in [0.4, 0.5) is 0 Å². The first-order valence-electron chi connectivity index (χ1n) is 7.62. The van der Waals surface area contributed by atoms with E-state index in [-0.39, 0.29) is 0 Å². The van der Waals surface area contributed by atoms with Crippen molar-refractivity contribution in [1.29, 1.82) is 0 Å². The first kappa shape index (κ1) is 15.8. The van der Waals surface area contributed by atoms with Crippen molar-refractivity contribution in [3.63, 3.8) is 0 Å². The van der Waals surface area contributed by atoms with Crippen LogP contribution in [0.5, 0.6) is 5.75 Å². The number of aromatic nitrogens is 2. The summed E-state index contributed by atoms with van der Waals surface area (Å²) in [5.74, 6) is 0.538. The second-order valence-corrected chi connectivity index (χ2v) is 5.50. The summed E-state index contributed by atoms with van der Waals surface area (Å²) in [4.78, 5) is 25.0. The van der Waals surface area contributed by atoms with E-state index >= 15 is 0 Å². The molecule has 0 unspecified atom stereocenters. The van der Waals surface area contributed by atoms with Gasteiger partial charge in [0.25, 0.3) is 0 Å². The first-order chi connectivity index (χ1) is 11.6. The van der Waals surface area contributed by atoms with Gasteiger partial charge in [0.2, 0.25) is 0 Å². The average Bonchev–Trinajstić information content (AvgIpc) is 2.61. The molecular weight excluding hydrogens is 304 g/mol. The standard InChI is InChI=1S/C19H18N2O3/c1-14-7-3-4-8-15(14)13-20-11-12-21(19(23)18(20)22)16-9-5-6-10-17(16)24-2/h3-12H,13H2,1-2H3. The van der Waals surface area contributed by atoms with Crippen LogP contribution in [0.15, 0.2) is 70.5 Å². The number of nitrogens with zero attached hydrogens (tertiary/aromatic N) is 2. The maximum absolute atomic E-state index is 12.5. The van der Waals surface area contributed by atoms with E-state index in [9.17, 15) is 9.59 Å². The van der Waals surface area contributed by atoms with Crippen molar-refractivity contribution < 1.29 is 4.74 Å². The number of methoxy groups -OCH3 is 1. The zero-order valence-corrected chi connectivity index (χ0v) is 13.6. The lowest BCUT2D eigenvalue weighted by atomic mass is 10.1. The van der Waals surface area contributed by atoms with E-state index in [0.717, 1.165) is 11.1 Å². The van der Waals surface area contributed by atoms with Gasteiger partial charge in [-0.05, 0) is 30.2 Å². The predicted octanol–water partition coefficient (Wildman–Crippen LogP) is 2.36. The Morgan fingerprint density at radius 3 is 2.38 bits per heavy atom. The highest BCUT2D eigenvalue weighted by Gasteiger charge is 2.11. The zero-order chi connectivity index (χ0) is 17.1. The molecule has 0 atom stereocenters. The number of rotatable bonds is 4. The quantitative estimate of drug-likeness (QED) is 0.693. The van der Waals surface area contributed by atoms with Crippen LogP contribution in [0.1, 0.15) is 11.1 Å². The minimum absolute atomic E-state index is 0.369. The van der Waals surface area contributed by atoms with Gasteiger partial charge in [-0.25, -0.2) is 0 Å². The highest BCUT2D eigenvalue weighted by Crippen LogP contribution is 2.19. The van der Waals surface area contributed by atoms with Crippen molar-refractivity contribution in [2.24, 2.45) is 0 Å². The summed E-state index contributed by atoms with van der Waals surface area (Å²) < 4.78 is 8.01. The molecule has 24 heavy (non-hydrogen) atoms. The molecule has 0 radical (unpaired) electrons. The minimum Gasteiger partial charge on any atom is -0.495 e. The van der Waals surface area contributed by atoms with Crippen LogP contribution in [0, 0.1) is 6.92 Å². The maximum atomic E-state index is 12.5. The van der Waals surface area contributed by atoms with E-state index in [4.69, 9.17) is 4.74 Å². The fraction of sp³-hybridized carbons (Fsp3) is 0.158. The Labute approximate surface area is 139 Å². The van der Waals surface area contributed by atoms with Crippen LogP contribution in [0.25, 0.3) is 5.69 Å². The van der Waals surface area contributed by atoms with Crippen molar-refractivity contribution in [2.75, 3.05) is 7.11 Å². The van der Waals surface area contributed by atoms with Gasteiger partial charge in [0.1, 0.15) is 5.75 Å². The summed E-state index contributed by atoms with van der Waals surface area (Å²) >= 11 is 0. The van der Waals surface area contributed by atoms with Gasteiger partial charge >= 0.3 is 11.1 Å². The van der Waals surface area contributed by atoms with Crippen molar-refractivity contribution in [1.82, 2.24) is 9.13 Å². The molecule has 2 aromatic carbocycles. The van der Waals surface area contributed by atoms with E-state index in [0.29, 0.717) is 18.0 Å². The Kier molecular flexibility index (Phi) is 4.33. The van der Waals surface area contributed by atoms with Gasteiger partial charge in [-0.3, -0.25) is 14.2 Å². The smallest absolute Gasteiger partial charge is 0.321 e. The van der Waals surface area contributed by atoms with E-state index in [2.05, 4.69) is 0 Å². The summed E-state index contributed by atoms with van der Waals surface area (Å²) in [5, 5.41) is 0. The second kappa shape index (κ2) is 6.58. The van der Waals surface area contributed by atoms with Gasteiger partial charge < -0.3 is 9.30 Å². The van der Waals surface area contributed by atoms with Gasteiger partial charge in [-0.1, -0.05) is 36.4 Å². The van der Waals surface area contributed by atoms with Crippen molar-refractivity contribution in [2.45, 2.75) is 13.5 Å². The van der Waals surface area contributed by atoms with Crippen LogP contribution < -0.4 is 15.9 Å². The predicted molar refractivity (Wildman–Crippen MR) is 93.1 cm³/mol. The number of hydrogen-bond donors (Lipinski definition) is 0. The highest BCUT2D eigenvalue weighted by atomic mass is 16.5. The fourth-order valence-electron chi connectivity index (χ4n) is 2.62. The monoisotopic (exact) mass is 322 g/mol. The first-order valence-corrected chi connectivity index (χ1v) is 7.62. The summed E-state index contributed by atoms with van der Waals surface area (Å²) in [6.45, 7) is 2.35. The largest absolute Gasteiger partial charge is 0.495 e. The minimum atomic E-state index is -0.601. The van der Waals surface area contributed by atoms with Crippen LogP contribution in [-0.2, 0) is 6.54 Å². The third kappa shape index (κ3) is 2.88. The SMILES string of the molecule is COc1ccccc1-n1ccn(Cc2ccccc2C)c(=O)c1=O. The van der Waals surface area contributed by atoms with E-state index in [1.54, 1.807) is 30.6 Å². The molecule has 0 saturated carbocycles. The molecule has 0 aliphatic heterocycles. The number of para-hydroxylation sites is 2. The summed E-state index contributed by atoms with van der Waals surface area (Å²) in [5.41, 5.74) is 1.47. The Balaban J connectivity index is 2.06. The molecule has 1 aromatic heterocycles. The summed E-state index contributed by atoms with van der Waals surface area (Å²) in [6.07, 6.45) is 3.22. The lowest BCUT2D eigenvalue weighted by Gasteiger charge is -2.12. The zero-order valence-electron chi connectivity index (χ0n) is 13.6. The Hall–Kier alpha value is -3.08. The van der Waals surface area contributed by atoms with Gasteiger partial charge in [0, 0.05) is 12.4 Å². The lowest BCUT2D eigenvalue weighted by molar-refractivity contribution is 0.412. The number of hydrogen-bond acceptors (Lipinski definition) is 3. The third-order valence-electron chi connectivity index (χ3n) is 4.00. The molecule has 1 heterocycles. The lowest BCUT2D eigenvalue weighted by Crippen LogP contribution is -2.40. The van der Waals surface area contributed by atoms with E-state index < -0.39 is 11.1 Å². The van der Waals surface area contributed by atoms with Crippen molar-refractivity contribution in [3.05, 3.63) is 92.8 Å². The molecule has 3 rings (SSSR count). The molecule has 0 aliphatic carbocycles. The van der Waals surface area contributed by atoms with Gasteiger partial charge in [0.05, 0.1) is 19.3 Å². The molecule has 0 saturated heterocycles. The third-order valence-corrected chi connectivity index (χ3v) is 4.00.